The number of thioether (sulfide) groups is 1. The van der Waals surface area contributed by atoms with Crippen molar-refractivity contribution >= 4 is 17.7 Å². The van der Waals surface area contributed by atoms with E-state index in [2.05, 4.69) is 30.6 Å². The van der Waals surface area contributed by atoms with E-state index >= 15 is 0 Å². The summed E-state index contributed by atoms with van der Waals surface area (Å²) in [6.07, 6.45) is 0. The lowest BCUT2D eigenvalue weighted by molar-refractivity contribution is -0.123. The van der Waals surface area contributed by atoms with Gasteiger partial charge in [0, 0.05) is 10.8 Å². The molecule has 0 unspecified atom stereocenters. The molecule has 1 aliphatic rings. The van der Waals surface area contributed by atoms with Gasteiger partial charge in [-0.3, -0.25) is 4.79 Å². The monoisotopic (exact) mass is 223 g/mol. The Hall–Kier alpha value is -0.880. The summed E-state index contributed by atoms with van der Waals surface area (Å²) >= 11 is 1.67. The first-order valence-corrected chi connectivity index (χ1v) is 6.02. The molecule has 0 radical (unpaired) electrons. The minimum atomic E-state index is 0.0403. The van der Waals surface area contributed by atoms with Crippen LogP contribution in [0.4, 0.5) is 0 Å². The molecule has 0 aromatic carbocycles. The molecule has 0 aromatic rings. The Labute approximate surface area is 95.5 Å². The van der Waals surface area contributed by atoms with Crippen LogP contribution < -0.4 is 5.32 Å². The Bertz CT molecular complexity index is 356. The van der Waals surface area contributed by atoms with Crippen molar-refractivity contribution in [2.45, 2.75) is 27.7 Å². The molecule has 0 aliphatic carbocycles. The maximum Gasteiger partial charge on any atom is 0.222 e. The summed E-state index contributed by atoms with van der Waals surface area (Å²) in [4.78, 5) is 13.6. The van der Waals surface area contributed by atoms with Crippen molar-refractivity contribution in [1.82, 2.24) is 5.32 Å². The first-order chi connectivity index (χ1) is 7.00. The van der Waals surface area contributed by atoms with Gasteiger partial charge in [-0.1, -0.05) is 50.9 Å². The Balaban J connectivity index is 2.46. The number of carbonyl (C=O) groups is 1. The van der Waals surface area contributed by atoms with E-state index in [1.54, 1.807) is 11.8 Å². The van der Waals surface area contributed by atoms with Gasteiger partial charge >= 0.3 is 0 Å². The normalized spacial score (nSPS) is 14.5. The predicted molar refractivity (Wildman–Crippen MR) is 64.3 cm³/mol. The number of amides is 1. The average Bonchev–Trinajstić information content (AvgIpc) is 2.62. The second-order valence-electron chi connectivity index (χ2n) is 4.17. The summed E-state index contributed by atoms with van der Waals surface area (Å²) in [5, 5.41) is 2.87. The quantitative estimate of drug-likeness (QED) is 0.742. The zero-order valence-corrected chi connectivity index (χ0v) is 10.5. The number of nitrogens with one attached hydrogen (secondary N) is 1. The highest BCUT2D eigenvalue weighted by molar-refractivity contribution is 8.06. The lowest BCUT2D eigenvalue weighted by atomic mass is 10.2. The van der Waals surface area contributed by atoms with E-state index in [9.17, 15) is 4.79 Å². The molecule has 1 aliphatic heterocycles. The van der Waals surface area contributed by atoms with E-state index in [1.165, 1.54) is 4.91 Å². The van der Waals surface area contributed by atoms with Crippen LogP contribution in [-0.2, 0) is 4.79 Å². The van der Waals surface area contributed by atoms with Gasteiger partial charge in [-0.2, -0.15) is 0 Å². The highest BCUT2D eigenvalue weighted by Gasteiger charge is 2.13. The fraction of sp³-hybridized carbons (Fsp3) is 0.583. The molecule has 0 saturated heterocycles. The zero-order valence-electron chi connectivity index (χ0n) is 9.68. The number of hydrogen-bond donors (Lipinski definition) is 1. The third kappa shape index (κ3) is 3.64. The summed E-state index contributed by atoms with van der Waals surface area (Å²) in [5.41, 5.74) is 6.16. The van der Waals surface area contributed by atoms with Crippen LogP contribution in [0.3, 0.4) is 0 Å². The van der Waals surface area contributed by atoms with Gasteiger partial charge in [0.2, 0.25) is 5.91 Å². The maximum absolute atomic E-state index is 11.3. The molecule has 0 bridgehead atoms. The smallest absolute Gasteiger partial charge is 0.222 e. The van der Waals surface area contributed by atoms with E-state index < -0.39 is 0 Å². The summed E-state index contributed by atoms with van der Waals surface area (Å²) in [7, 11) is 0. The molecule has 1 heterocycles. The lowest BCUT2D eigenvalue weighted by Gasteiger charge is -2.09. The highest BCUT2D eigenvalue weighted by Crippen LogP contribution is 2.32. The number of allylic oxidation sites excluding steroid dienone is 1. The Kier molecular flexibility index (Phi) is 4.28. The fourth-order valence-electron chi connectivity index (χ4n) is 1.03. The Morgan fingerprint density at radius 1 is 1.33 bits per heavy atom. The summed E-state index contributed by atoms with van der Waals surface area (Å²) in [6, 6.07) is 0. The molecule has 1 N–H and O–H groups in total. The lowest BCUT2D eigenvalue weighted by Crippen LogP contribution is -2.28. The topological polar surface area (TPSA) is 29.1 Å². The van der Waals surface area contributed by atoms with Gasteiger partial charge < -0.3 is 5.32 Å². The molecule has 15 heavy (non-hydrogen) atoms. The second-order valence-corrected chi connectivity index (χ2v) is 5.30. The van der Waals surface area contributed by atoms with Gasteiger partial charge in [-0.05, 0) is 5.92 Å². The molecule has 3 heteroatoms. The molecule has 2 nitrogen and oxygen atoms in total. The van der Waals surface area contributed by atoms with Crippen LogP contribution in [0.25, 0.3) is 0 Å². The molecule has 0 spiro atoms. The minimum absolute atomic E-state index is 0.0403. The van der Waals surface area contributed by atoms with Gasteiger partial charge in [0.25, 0.3) is 0 Å². The van der Waals surface area contributed by atoms with Crippen LogP contribution in [-0.4, -0.2) is 12.5 Å². The van der Waals surface area contributed by atoms with Crippen molar-refractivity contribution in [2.24, 2.45) is 11.8 Å². The third-order valence-corrected chi connectivity index (χ3v) is 3.32. The van der Waals surface area contributed by atoms with Crippen LogP contribution in [0.2, 0.25) is 0 Å². The van der Waals surface area contributed by atoms with E-state index in [0.717, 1.165) is 4.91 Å². The number of hydrogen-bond acceptors (Lipinski definition) is 2. The van der Waals surface area contributed by atoms with Gasteiger partial charge in [-0.15, -0.1) is 0 Å². The molecule has 82 valence electrons. The zero-order chi connectivity index (χ0) is 11.4. The molecule has 0 aromatic heterocycles. The molecule has 1 rings (SSSR count). The maximum atomic E-state index is 11.3. The standard InChI is InChI=1S/C12H17NOS/c1-8(2)11-6-5-10(15-11)7-13-12(14)9(3)4/h8-9H,7H2,1-4H3,(H,13,14). The average molecular weight is 223 g/mol. The van der Waals surface area contributed by atoms with Crippen molar-refractivity contribution in [3.05, 3.63) is 21.3 Å². The molecule has 0 saturated carbocycles. The number of carbonyl (C=O) groups excluding carboxylic acids is 1. The van der Waals surface area contributed by atoms with E-state index in [1.807, 2.05) is 13.8 Å². The van der Waals surface area contributed by atoms with Crippen LogP contribution in [0.5, 0.6) is 0 Å². The highest BCUT2D eigenvalue weighted by atomic mass is 32.2. The van der Waals surface area contributed by atoms with E-state index in [0.29, 0.717) is 12.5 Å². The molecule has 1 amide bonds. The van der Waals surface area contributed by atoms with Crippen molar-refractivity contribution in [1.29, 1.82) is 0 Å². The van der Waals surface area contributed by atoms with Crippen molar-refractivity contribution in [3.8, 4) is 0 Å². The molecular weight excluding hydrogens is 206 g/mol. The number of rotatable bonds is 4. The first kappa shape index (κ1) is 12.2. The predicted octanol–water partition coefficient (Wildman–Crippen LogP) is 2.68. The summed E-state index contributed by atoms with van der Waals surface area (Å²) in [5.74, 6) is 0.613. The first-order valence-electron chi connectivity index (χ1n) is 5.21. The van der Waals surface area contributed by atoms with Crippen LogP contribution >= 0.6 is 11.8 Å². The van der Waals surface area contributed by atoms with E-state index in [4.69, 9.17) is 0 Å². The Morgan fingerprint density at radius 3 is 2.47 bits per heavy atom. The SMILES string of the molecule is CC(C)C(=O)NCC1=C=C=C(C(C)C)S1. The van der Waals surface area contributed by atoms with Crippen LogP contribution in [0, 0.1) is 11.8 Å². The summed E-state index contributed by atoms with van der Waals surface area (Å²) in [6.45, 7) is 8.61. The van der Waals surface area contributed by atoms with Crippen LogP contribution in [0.1, 0.15) is 27.7 Å². The largest absolute Gasteiger partial charge is 0.351 e. The van der Waals surface area contributed by atoms with Crippen molar-refractivity contribution in [3.63, 3.8) is 0 Å². The summed E-state index contributed by atoms with van der Waals surface area (Å²) < 4.78 is 0. The van der Waals surface area contributed by atoms with Gasteiger partial charge in [0.1, 0.15) is 0 Å². The third-order valence-electron chi connectivity index (χ3n) is 2.03. The van der Waals surface area contributed by atoms with E-state index in [-0.39, 0.29) is 11.8 Å². The van der Waals surface area contributed by atoms with Crippen molar-refractivity contribution < 1.29 is 4.79 Å². The second kappa shape index (κ2) is 5.27. The van der Waals surface area contributed by atoms with Gasteiger partial charge in [-0.25, -0.2) is 0 Å². The molecule has 0 atom stereocenters. The Morgan fingerprint density at radius 2 is 2.00 bits per heavy atom. The molecule has 0 fully saturated rings. The van der Waals surface area contributed by atoms with Crippen LogP contribution in [0.15, 0.2) is 21.3 Å². The minimum Gasteiger partial charge on any atom is -0.351 e. The van der Waals surface area contributed by atoms with Crippen molar-refractivity contribution in [2.75, 3.05) is 6.54 Å². The fourth-order valence-corrected chi connectivity index (χ4v) is 1.88. The molecular formula is C12H17NOS. The van der Waals surface area contributed by atoms with Gasteiger partial charge in [0.05, 0.1) is 11.4 Å². The van der Waals surface area contributed by atoms with Gasteiger partial charge in [0.15, 0.2) is 0 Å².